The molecule has 39 heavy (non-hydrogen) atoms. The standard InChI is InChI=1S/C26H26N4O5.C2H4O2/c1-13(30-12-26(35-25(30)34)9-14(10-26)11-27)17-3-2-4-18-21(23(24(32)33)29-22(17)18)15-5-6-19-16(7-15)8-20(31)28-19;1-2(3)4/h2-7,13-14,29H,8-12,27H2,1H3,(H,28,31)(H,32,33);1H3,(H,3,4)/t13-,14?,26?;/m0./s1. The van der Waals surface area contributed by atoms with Gasteiger partial charge in [0, 0.05) is 23.6 Å². The Morgan fingerprint density at radius 3 is 2.59 bits per heavy atom. The molecular formula is C28H30N4O7. The van der Waals surface area contributed by atoms with Crippen molar-refractivity contribution in [1.29, 1.82) is 0 Å². The molecule has 11 nitrogen and oxygen atoms in total. The zero-order valence-electron chi connectivity index (χ0n) is 21.6. The summed E-state index contributed by atoms with van der Waals surface area (Å²) in [6.07, 6.45) is 1.45. The zero-order chi connectivity index (χ0) is 28.1. The van der Waals surface area contributed by atoms with Crippen molar-refractivity contribution in [2.45, 2.75) is 44.8 Å². The van der Waals surface area contributed by atoms with Crippen LogP contribution in [0, 0.1) is 5.92 Å². The van der Waals surface area contributed by atoms with Gasteiger partial charge >= 0.3 is 12.1 Å². The molecule has 3 heterocycles. The molecule has 1 aliphatic carbocycles. The van der Waals surface area contributed by atoms with E-state index in [0.29, 0.717) is 30.1 Å². The number of nitrogens with one attached hydrogen (secondary N) is 2. The van der Waals surface area contributed by atoms with Crippen molar-refractivity contribution in [3.05, 3.63) is 53.2 Å². The maximum Gasteiger partial charge on any atom is 0.411 e. The maximum atomic E-state index is 12.8. The number of carbonyl (C=O) groups is 4. The number of benzene rings is 2. The molecule has 3 aromatic rings. The first kappa shape index (κ1) is 26.2. The third-order valence-corrected chi connectivity index (χ3v) is 7.67. The van der Waals surface area contributed by atoms with Gasteiger partial charge in [0.15, 0.2) is 0 Å². The van der Waals surface area contributed by atoms with Crippen molar-refractivity contribution in [1.82, 2.24) is 9.88 Å². The lowest BCUT2D eigenvalue weighted by atomic mass is 9.71. The van der Waals surface area contributed by atoms with Crippen molar-refractivity contribution in [3.8, 4) is 11.1 Å². The Balaban J connectivity index is 0.000000723. The number of carbonyl (C=O) groups excluding carboxylic acids is 2. The molecule has 3 aliphatic rings. The topological polar surface area (TPSA) is 175 Å². The Bertz CT molecular complexity index is 1500. The molecule has 11 heteroatoms. The van der Waals surface area contributed by atoms with Gasteiger partial charge in [-0.05, 0) is 61.1 Å². The molecule has 0 unspecified atom stereocenters. The van der Waals surface area contributed by atoms with Gasteiger partial charge in [-0.25, -0.2) is 9.59 Å². The van der Waals surface area contributed by atoms with E-state index in [1.807, 2.05) is 37.3 Å². The van der Waals surface area contributed by atoms with Crippen LogP contribution < -0.4 is 11.1 Å². The summed E-state index contributed by atoms with van der Waals surface area (Å²) in [6.45, 7) is 4.09. The number of aromatic amines is 1. The Morgan fingerprint density at radius 1 is 1.21 bits per heavy atom. The van der Waals surface area contributed by atoms with Gasteiger partial charge in [-0.1, -0.05) is 24.3 Å². The van der Waals surface area contributed by atoms with E-state index in [9.17, 15) is 19.5 Å². The van der Waals surface area contributed by atoms with Gasteiger partial charge in [0.05, 0.1) is 24.5 Å². The minimum Gasteiger partial charge on any atom is -0.481 e. The second kappa shape index (κ2) is 9.73. The van der Waals surface area contributed by atoms with Gasteiger partial charge in [0.2, 0.25) is 5.91 Å². The van der Waals surface area contributed by atoms with Gasteiger partial charge in [-0.3, -0.25) is 14.5 Å². The molecule has 1 atom stereocenters. The fourth-order valence-corrected chi connectivity index (χ4v) is 5.92. The van der Waals surface area contributed by atoms with Gasteiger partial charge in [-0.15, -0.1) is 0 Å². The van der Waals surface area contributed by atoms with Crippen molar-refractivity contribution in [3.63, 3.8) is 0 Å². The first-order valence-corrected chi connectivity index (χ1v) is 12.7. The van der Waals surface area contributed by atoms with Gasteiger partial charge in [-0.2, -0.15) is 0 Å². The van der Waals surface area contributed by atoms with E-state index in [1.54, 1.807) is 11.0 Å². The van der Waals surface area contributed by atoms with Crippen molar-refractivity contribution >= 4 is 40.5 Å². The van der Waals surface area contributed by atoms with Crippen LogP contribution in [0.1, 0.15) is 54.3 Å². The number of fused-ring (bicyclic) bond motifs is 2. The molecule has 1 saturated carbocycles. The molecule has 6 N–H and O–H groups in total. The lowest BCUT2D eigenvalue weighted by Gasteiger charge is -2.42. The number of anilines is 1. The highest BCUT2D eigenvalue weighted by molar-refractivity contribution is 6.09. The summed E-state index contributed by atoms with van der Waals surface area (Å²) in [7, 11) is 0. The molecule has 204 valence electrons. The largest absolute Gasteiger partial charge is 0.481 e. The highest BCUT2D eigenvalue weighted by atomic mass is 16.6. The van der Waals surface area contributed by atoms with E-state index in [4.69, 9.17) is 20.4 Å². The van der Waals surface area contributed by atoms with E-state index in [-0.39, 0.29) is 30.2 Å². The highest BCUT2D eigenvalue weighted by Gasteiger charge is 2.54. The number of amides is 2. The van der Waals surface area contributed by atoms with Crippen LogP contribution in [0.2, 0.25) is 0 Å². The number of nitrogens with zero attached hydrogens (tertiary/aromatic N) is 1. The number of carboxylic acids is 2. The van der Waals surface area contributed by atoms with Crippen molar-refractivity contribution in [2.75, 3.05) is 18.4 Å². The van der Waals surface area contributed by atoms with Crippen LogP contribution in [-0.2, 0) is 20.7 Å². The average Bonchev–Trinajstić information content (AvgIpc) is 3.53. The van der Waals surface area contributed by atoms with Gasteiger partial charge < -0.3 is 31.0 Å². The summed E-state index contributed by atoms with van der Waals surface area (Å²) in [6, 6.07) is 10.8. The maximum absolute atomic E-state index is 12.8. The van der Waals surface area contributed by atoms with Gasteiger partial charge in [0.25, 0.3) is 5.97 Å². The molecule has 6 rings (SSSR count). The van der Waals surface area contributed by atoms with Crippen molar-refractivity contribution < 1.29 is 34.1 Å². The van der Waals surface area contributed by atoms with E-state index in [0.717, 1.165) is 47.5 Å². The normalized spacial score (nSPS) is 22.0. The molecule has 2 amide bonds. The molecule has 1 aromatic heterocycles. The number of aromatic carboxylic acids is 1. The Labute approximate surface area is 223 Å². The predicted molar refractivity (Wildman–Crippen MR) is 142 cm³/mol. The second-order valence-electron chi connectivity index (χ2n) is 10.4. The van der Waals surface area contributed by atoms with Crippen LogP contribution in [0.15, 0.2) is 36.4 Å². The number of carboxylic acid groups (broad SMARTS) is 2. The Hall–Kier alpha value is -4.38. The summed E-state index contributed by atoms with van der Waals surface area (Å²) in [5.41, 5.74) is 9.73. The molecule has 2 fully saturated rings. The first-order chi connectivity index (χ1) is 18.5. The smallest absolute Gasteiger partial charge is 0.411 e. The molecule has 1 saturated heterocycles. The monoisotopic (exact) mass is 534 g/mol. The van der Waals surface area contributed by atoms with Crippen LogP contribution in [-0.4, -0.2) is 62.7 Å². The van der Waals surface area contributed by atoms with E-state index in [2.05, 4.69) is 10.3 Å². The van der Waals surface area contributed by atoms with Crippen LogP contribution in [0.4, 0.5) is 10.5 Å². The predicted octanol–water partition coefficient (Wildman–Crippen LogP) is 3.74. The lowest BCUT2D eigenvalue weighted by Crippen LogP contribution is -2.49. The van der Waals surface area contributed by atoms with E-state index in [1.165, 1.54) is 0 Å². The fraction of sp³-hybridized carbons (Fsp3) is 0.357. The number of hydrogen-bond donors (Lipinski definition) is 5. The number of ether oxygens (including phenoxy) is 1. The SMILES string of the molecule is CC(=O)O.C[C@@H](c1cccc2c(-c3ccc4c(c3)CC(=O)N4)c(C(=O)O)[nH]c12)N1CC2(CC(CN)C2)OC1=O. The lowest BCUT2D eigenvalue weighted by molar-refractivity contribution is -0.134. The van der Waals surface area contributed by atoms with E-state index >= 15 is 0 Å². The number of aliphatic carboxylic acids is 1. The number of H-pyrrole nitrogens is 1. The summed E-state index contributed by atoms with van der Waals surface area (Å²) in [4.78, 5) is 50.7. The summed E-state index contributed by atoms with van der Waals surface area (Å²) < 4.78 is 5.77. The number of para-hydroxylation sites is 1. The molecule has 0 radical (unpaired) electrons. The van der Waals surface area contributed by atoms with E-state index < -0.39 is 17.5 Å². The first-order valence-electron chi connectivity index (χ1n) is 12.7. The second-order valence-corrected chi connectivity index (χ2v) is 10.4. The fourth-order valence-electron chi connectivity index (χ4n) is 5.92. The van der Waals surface area contributed by atoms with Crippen LogP contribution in [0.5, 0.6) is 0 Å². The Morgan fingerprint density at radius 2 is 1.92 bits per heavy atom. The third-order valence-electron chi connectivity index (χ3n) is 7.67. The summed E-state index contributed by atoms with van der Waals surface area (Å²) in [5.74, 6) is -1.61. The molecule has 1 spiro atoms. The number of hydrogen-bond acceptors (Lipinski definition) is 6. The van der Waals surface area contributed by atoms with Crippen LogP contribution in [0.3, 0.4) is 0 Å². The highest BCUT2D eigenvalue weighted by Crippen LogP contribution is 2.47. The molecular weight excluding hydrogens is 504 g/mol. The number of rotatable bonds is 5. The molecule has 0 bridgehead atoms. The van der Waals surface area contributed by atoms with Gasteiger partial charge in [0.1, 0.15) is 11.3 Å². The zero-order valence-corrected chi connectivity index (χ0v) is 21.6. The Kier molecular flexibility index (Phi) is 6.55. The average molecular weight is 535 g/mol. The summed E-state index contributed by atoms with van der Waals surface area (Å²) >= 11 is 0. The number of aromatic nitrogens is 1. The minimum atomic E-state index is -1.08. The quantitative estimate of drug-likeness (QED) is 0.329. The minimum absolute atomic E-state index is 0.0714. The molecule has 2 aromatic carbocycles. The molecule has 2 aliphatic heterocycles. The third kappa shape index (κ3) is 4.69. The van der Waals surface area contributed by atoms with Crippen LogP contribution >= 0.6 is 0 Å². The van der Waals surface area contributed by atoms with Crippen molar-refractivity contribution in [2.24, 2.45) is 11.7 Å². The summed E-state index contributed by atoms with van der Waals surface area (Å²) in [5, 5.41) is 21.0. The number of nitrogens with two attached hydrogens (primary N) is 1. The van der Waals surface area contributed by atoms with Crippen LogP contribution in [0.25, 0.3) is 22.0 Å².